The summed E-state index contributed by atoms with van der Waals surface area (Å²) < 4.78 is 7.25. The number of ether oxygens (including phenoxy) is 1. The van der Waals surface area contributed by atoms with Gasteiger partial charge in [0.15, 0.2) is 0 Å². The fraction of sp³-hybridized carbons (Fsp3) is 0.625. The zero-order valence-electron chi connectivity index (χ0n) is 12.5. The molecule has 2 unspecified atom stereocenters. The molecule has 1 aromatic rings. The predicted molar refractivity (Wildman–Crippen MR) is 83.2 cm³/mol. The molecule has 2 atom stereocenters. The van der Waals surface area contributed by atoms with E-state index >= 15 is 0 Å². The molecule has 0 spiro atoms. The molecule has 1 aromatic carbocycles. The Kier molecular flexibility index (Phi) is 3.85. The number of benzene rings is 1. The molecule has 0 amide bonds. The average Bonchev–Trinajstić information content (AvgIpc) is 2.49. The molecule has 1 aliphatic heterocycles. The first-order valence-corrected chi connectivity index (χ1v) is 7.63. The van der Waals surface area contributed by atoms with Gasteiger partial charge in [0.1, 0.15) is 0 Å². The maximum atomic E-state index is 6.57. The molecule has 0 aliphatic carbocycles. The van der Waals surface area contributed by atoms with Crippen LogP contribution in [0.15, 0.2) is 22.7 Å². The maximum absolute atomic E-state index is 6.57. The normalized spacial score (nSPS) is 26.4. The van der Waals surface area contributed by atoms with Gasteiger partial charge in [-0.05, 0) is 64.3 Å². The van der Waals surface area contributed by atoms with Crippen molar-refractivity contribution < 1.29 is 4.74 Å². The second kappa shape index (κ2) is 4.87. The molecule has 1 fully saturated rings. The molecule has 1 heterocycles. The van der Waals surface area contributed by atoms with Crippen LogP contribution in [0.25, 0.3) is 0 Å². The van der Waals surface area contributed by atoms with E-state index in [1.165, 1.54) is 11.1 Å². The van der Waals surface area contributed by atoms with Crippen molar-refractivity contribution in [3.8, 4) is 0 Å². The summed E-state index contributed by atoms with van der Waals surface area (Å²) >= 11 is 3.54. The first kappa shape index (κ1) is 15.0. The lowest BCUT2D eigenvalue weighted by molar-refractivity contribution is -0.0767. The third-order valence-corrected chi connectivity index (χ3v) is 4.67. The number of aryl methyl sites for hydroxylation is 1. The number of hydrogen-bond acceptors (Lipinski definition) is 2. The van der Waals surface area contributed by atoms with Gasteiger partial charge in [-0.15, -0.1) is 0 Å². The monoisotopic (exact) mass is 325 g/mol. The van der Waals surface area contributed by atoms with E-state index in [0.29, 0.717) is 5.92 Å². The lowest BCUT2D eigenvalue weighted by Crippen LogP contribution is -2.36. The fourth-order valence-electron chi connectivity index (χ4n) is 3.35. The molecule has 1 aliphatic rings. The highest BCUT2D eigenvalue weighted by Crippen LogP contribution is 2.47. The smallest absolute Gasteiger partial charge is 0.0680 e. The minimum Gasteiger partial charge on any atom is -0.369 e. The van der Waals surface area contributed by atoms with Crippen molar-refractivity contribution in [1.29, 1.82) is 0 Å². The molecular weight excluding hydrogens is 302 g/mol. The Morgan fingerprint density at radius 3 is 2.47 bits per heavy atom. The zero-order chi connectivity index (χ0) is 14.4. The van der Waals surface area contributed by atoms with E-state index in [2.05, 4.69) is 68.7 Å². The summed E-state index contributed by atoms with van der Waals surface area (Å²) in [4.78, 5) is 0. The molecule has 2 N–H and O–H groups in total. The second-order valence-corrected chi connectivity index (χ2v) is 7.72. The minimum atomic E-state index is -0.183. The van der Waals surface area contributed by atoms with E-state index in [1.54, 1.807) is 0 Å². The Labute approximate surface area is 124 Å². The van der Waals surface area contributed by atoms with Crippen LogP contribution in [0.5, 0.6) is 0 Å². The lowest BCUT2D eigenvalue weighted by Gasteiger charge is -2.32. The van der Waals surface area contributed by atoms with Crippen LogP contribution in [0.2, 0.25) is 0 Å². The molecule has 0 aromatic heterocycles. The van der Waals surface area contributed by atoms with Crippen molar-refractivity contribution in [2.45, 2.75) is 58.3 Å². The highest BCUT2D eigenvalue weighted by molar-refractivity contribution is 9.10. The van der Waals surface area contributed by atoms with Crippen LogP contribution in [0.1, 0.15) is 51.3 Å². The highest BCUT2D eigenvalue weighted by atomic mass is 79.9. The molecular formula is C16H24BrNO. The first-order chi connectivity index (χ1) is 8.62. The van der Waals surface area contributed by atoms with Gasteiger partial charge >= 0.3 is 0 Å². The molecule has 106 valence electrons. The van der Waals surface area contributed by atoms with Crippen LogP contribution in [0.3, 0.4) is 0 Å². The van der Waals surface area contributed by atoms with Crippen molar-refractivity contribution >= 4 is 15.9 Å². The van der Waals surface area contributed by atoms with E-state index < -0.39 is 0 Å². The van der Waals surface area contributed by atoms with Crippen LogP contribution in [-0.4, -0.2) is 11.2 Å². The van der Waals surface area contributed by atoms with Crippen molar-refractivity contribution in [3.05, 3.63) is 33.8 Å². The van der Waals surface area contributed by atoms with E-state index in [-0.39, 0.29) is 17.2 Å². The summed E-state index contributed by atoms with van der Waals surface area (Å²) in [5, 5.41) is 0. The van der Waals surface area contributed by atoms with Gasteiger partial charge in [0, 0.05) is 16.4 Å². The van der Waals surface area contributed by atoms with Gasteiger partial charge in [-0.2, -0.15) is 0 Å². The molecule has 2 rings (SSSR count). The largest absolute Gasteiger partial charge is 0.369 e. The van der Waals surface area contributed by atoms with E-state index in [4.69, 9.17) is 10.5 Å². The third-order valence-electron chi connectivity index (χ3n) is 4.18. The number of halogens is 1. The van der Waals surface area contributed by atoms with Gasteiger partial charge in [0.2, 0.25) is 0 Å². The van der Waals surface area contributed by atoms with Crippen LogP contribution >= 0.6 is 15.9 Å². The van der Waals surface area contributed by atoms with Crippen molar-refractivity contribution in [2.24, 2.45) is 11.7 Å². The van der Waals surface area contributed by atoms with E-state index in [9.17, 15) is 0 Å². The Balaban J connectivity index is 2.34. The van der Waals surface area contributed by atoms with Crippen LogP contribution in [0.4, 0.5) is 0 Å². The first-order valence-electron chi connectivity index (χ1n) is 6.84. The Morgan fingerprint density at radius 2 is 1.95 bits per heavy atom. The van der Waals surface area contributed by atoms with Gasteiger partial charge in [0.05, 0.1) is 11.2 Å². The Bertz CT molecular complexity index is 482. The standard InChI is InChI=1S/C16H24BrNO/c1-10-6-7-11(17)8-12(10)14(18)13-9-15(2,3)19-16(13,4)5/h6-8,13-14H,9,18H2,1-5H3. The maximum Gasteiger partial charge on any atom is 0.0680 e. The van der Waals surface area contributed by atoms with Crippen molar-refractivity contribution in [3.63, 3.8) is 0 Å². The number of nitrogens with two attached hydrogens (primary N) is 1. The second-order valence-electron chi connectivity index (χ2n) is 6.80. The molecule has 1 saturated heterocycles. The molecule has 0 bridgehead atoms. The molecule has 3 heteroatoms. The third kappa shape index (κ3) is 3.04. The zero-order valence-corrected chi connectivity index (χ0v) is 14.0. The topological polar surface area (TPSA) is 35.2 Å². The number of hydrogen-bond donors (Lipinski definition) is 1. The van der Waals surface area contributed by atoms with Crippen LogP contribution in [0, 0.1) is 12.8 Å². The molecule has 0 saturated carbocycles. The average molecular weight is 326 g/mol. The summed E-state index contributed by atoms with van der Waals surface area (Å²) in [6.45, 7) is 10.7. The predicted octanol–water partition coefficient (Wildman–Crippen LogP) is 4.35. The molecule has 2 nitrogen and oxygen atoms in total. The summed E-state index contributed by atoms with van der Waals surface area (Å²) in [7, 11) is 0. The quantitative estimate of drug-likeness (QED) is 0.877. The molecule has 0 radical (unpaired) electrons. The summed E-state index contributed by atoms with van der Waals surface area (Å²) in [6.07, 6.45) is 0.993. The Morgan fingerprint density at radius 1 is 1.32 bits per heavy atom. The SMILES string of the molecule is Cc1ccc(Br)cc1C(N)C1CC(C)(C)OC1(C)C. The summed E-state index contributed by atoms with van der Waals surface area (Å²) in [5.74, 6) is 0.329. The van der Waals surface area contributed by atoms with Gasteiger partial charge in [0.25, 0.3) is 0 Å². The fourth-order valence-corrected chi connectivity index (χ4v) is 3.73. The van der Waals surface area contributed by atoms with E-state index in [0.717, 1.165) is 10.9 Å². The van der Waals surface area contributed by atoms with E-state index in [1.807, 2.05) is 0 Å². The van der Waals surface area contributed by atoms with Gasteiger partial charge < -0.3 is 10.5 Å². The van der Waals surface area contributed by atoms with Gasteiger partial charge in [-0.25, -0.2) is 0 Å². The van der Waals surface area contributed by atoms with Crippen molar-refractivity contribution in [1.82, 2.24) is 0 Å². The highest BCUT2D eigenvalue weighted by Gasteiger charge is 2.48. The summed E-state index contributed by atoms with van der Waals surface area (Å²) in [5.41, 5.74) is 8.75. The van der Waals surface area contributed by atoms with Gasteiger partial charge in [-0.1, -0.05) is 22.0 Å². The van der Waals surface area contributed by atoms with Crippen LogP contribution < -0.4 is 5.73 Å². The van der Waals surface area contributed by atoms with Gasteiger partial charge in [-0.3, -0.25) is 0 Å². The number of rotatable bonds is 2. The Hall–Kier alpha value is -0.380. The summed E-state index contributed by atoms with van der Waals surface area (Å²) in [6, 6.07) is 6.33. The molecule has 19 heavy (non-hydrogen) atoms. The van der Waals surface area contributed by atoms with Crippen LogP contribution in [-0.2, 0) is 4.74 Å². The lowest BCUT2D eigenvalue weighted by atomic mass is 9.78. The minimum absolute atomic E-state index is 0.00859. The van der Waals surface area contributed by atoms with Crippen molar-refractivity contribution in [2.75, 3.05) is 0 Å².